The first-order valence-corrected chi connectivity index (χ1v) is 7.33. The second-order valence-electron chi connectivity index (χ2n) is 4.70. The SMILES string of the molecule is Cl.NCCCNC(=O)CCc1ccc(CCC(=O)S)cc1. The Morgan fingerprint density at radius 3 is 2.05 bits per heavy atom. The fourth-order valence-corrected chi connectivity index (χ4v) is 1.91. The lowest BCUT2D eigenvalue weighted by Crippen LogP contribution is -2.26. The predicted octanol–water partition coefficient (Wildman–Crippen LogP) is 1.90. The maximum atomic E-state index is 11.5. The molecule has 0 saturated heterocycles. The lowest BCUT2D eigenvalue weighted by molar-refractivity contribution is -0.121. The molecular weight excluding hydrogens is 308 g/mol. The number of carbonyl (C=O) groups excluding carboxylic acids is 2. The summed E-state index contributed by atoms with van der Waals surface area (Å²) in [5.74, 6) is 0.0585. The smallest absolute Gasteiger partial charge is 0.220 e. The van der Waals surface area contributed by atoms with Crippen molar-refractivity contribution in [3.05, 3.63) is 35.4 Å². The van der Waals surface area contributed by atoms with Crippen LogP contribution in [-0.2, 0) is 22.4 Å². The van der Waals surface area contributed by atoms with Gasteiger partial charge in [0.05, 0.1) is 0 Å². The minimum absolute atomic E-state index is 0. The number of amides is 1. The molecule has 1 aromatic carbocycles. The zero-order valence-corrected chi connectivity index (χ0v) is 13.7. The van der Waals surface area contributed by atoms with Crippen LogP contribution in [0.2, 0.25) is 0 Å². The van der Waals surface area contributed by atoms with E-state index in [1.165, 1.54) is 0 Å². The van der Waals surface area contributed by atoms with Crippen molar-refractivity contribution < 1.29 is 9.59 Å². The average Bonchev–Trinajstić information content (AvgIpc) is 2.44. The number of hydrogen-bond donors (Lipinski definition) is 3. The maximum Gasteiger partial charge on any atom is 0.220 e. The lowest BCUT2D eigenvalue weighted by Gasteiger charge is -2.05. The Labute approximate surface area is 137 Å². The molecule has 6 heteroatoms. The van der Waals surface area contributed by atoms with Crippen LogP contribution in [0.5, 0.6) is 0 Å². The Morgan fingerprint density at radius 1 is 1.05 bits per heavy atom. The van der Waals surface area contributed by atoms with Crippen LogP contribution in [0.4, 0.5) is 0 Å². The molecule has 0 aliphatic heterocycles. The molecule has 0 aliphatic carbocycles. The van der Waals surface area contributed by atoms with Gasteiger partial charge in [0.1, 0.15) is 0 Å². The molecule has 0 saturated carbocycles. The van der Waals surface area contributed by atoms with Crippen LogP contribution < -0.4 is 11.1 Å². The summed E-state index contributed by atoms with van der Waals surface area (Å²) in [6, 6.07) is 8.01. The molecule has 0 radical (unpaired) electrons. The molecule has 1 amide bonds. The number of halogens is 1. The van der Waals surface area contributed by atoms with Crippen molar-refractivity contribution in [3.63, 3.8) is 0 Å². The van der Waals surface area contributed by atoms with Crippen molar-refractivity contribution in [1.29, 1.82) is 0 Å². The van der Waals surface area contributed by atoms with Crippen molar-refractivity contribution in [1.82, 2.24) is 5.32 Å². The molecule has 4 nitrogen and oxygen atoms in total. The van der Waals surface area contributed by atoms with Gasteiger partial charge in [-0.15, -0.1) is 25.0 Å². The summed E-state index contributed by atoms with van der Waals surface area (Å²) >= 11 is 3.75. The third-order valence-corrected chi connectivity index (χ3v) is 3.22. The summed E-state index contributed by atoms with van der Waals surface area (Å²) in [4.78, 5) is 22.3. The Balaban J connectivity index is 0.00000400. The molecule has 0 fully saturated rings. The van der Waals surface area contributed by atoms with Crippen LogP contribution in [0.25, 0.3) is 0 Å². The van der Waals surface area contributed by atoms with E-state index in [4.69, 9.17) is 5.73 Å². The third kappa shape index (κ3) is 9.50. The van der Waals surface area contributed by atoms with Crippen LogP contribution >= 0.6 is 25.0 Å². The standard InChI is InChI=1S/C15H22N2O2S.ClH/c16-10-1-11-17-14(18)8-6-12-2-4-13(5-3-12)7-9-15(19)20;/h2-5H,1,6-11,16H2,(H,17,18)(H,19,20);1H. The van der Waals surface area contributed by atoms with Gasteiger partial charge >= 0.3 is 0 Å². The highest BCUT2D eigenvalue weighted by Gasteiger charge is 2.02. The second kappa shape index (κ2) is 11.6. The summed E-state index contributed by atoms with van der Waals surface area (Å²) in [5, 5.41) is 2.74. The quantitative estimate of drug-likeness (QED) is 0.478. The summed E-state index contributed by atoms with van der Waals surface area (Å²) in [6.07, 6.45) is 3.18. The molecule has 0 unspecified atom stereocenters. The van der Waals surface area contributed by atoms with Crippen LogP contribution in [0.3, 0.4) is 0 Å². The number of benzene rings is 1. The molecular formula is C15H23ClN2O2S. The molecule has 0 aromatic heterocycles. The Morgan fingerprint density at radius 2 is 1.57 bits per heavy atom. The molecule has 0 spiro atoms. The van der Waals surface area contributed by atoms with Crippen molar-refractivity contribution in [3.8, 4) is 0 Å². The van der Waals surface area contributed by atoms with Gasteiger partial charge in [-0.05, 0) is 36.9 Å². The predicted molar refractivity (Wildman–Crippen MR) is 91.0 cm³/mol. The molecule has 1 rings (SSSR count). The molecule has 0 atom stereocenters. The van der Waals surface area contributed by atoms with Crippen molar-refractivity contribution in [2.75, 3.05) is 13.1 Å². The highest BCUT2D eigenvalue weighted by molar-refractivity contribution is 7.96. The zero-order chi connectivity index (χ0) is 14.8. The van der Waals surface area contributed by atoms with Crippen LogP contribution in [-0.4, -0.2) is 24.1 Å². The molecule has 0 heterocycles. The van der Waals surface area contributed by atoms with E-state index in [-0.39, 0.29) is 23.4 Å². The van der Waals surface area contributed by atoms with E-state index in [1.54, 1.807) is 0 Å². The first kappa shape index (κ1) is 20.0. The highest BCUT2D eigenvalue weighted by Crippen LogP contribution is 2.09. The average molecular weight is 331 g/mol. The topological polar surface area (TPSA) is 72.2 Å². The molecule has 0 bridgehead atoms. The zero-order valence-electron chi connectivity index (χ0n) is 12.0. The number of carbonyl (C=O) groups is 2. The molecule has 21 heavy (non-hydrogen) atoms. The Kier molecular flexibility index (Phi) is 11.0. The Bertz CT molecular complexity index is 438. The number of aryl methyl sites for hydroxylation is 2. The number of thiol groups is 1. The van der Waals surface area contributed by atoms with E-state index in [0.29, 0.717) is 32.4 Å². The number of hydrogen-bond acceptors (Lipinski definition) is 3. The highest BCUT2D eigenvalue weighted by atomic mass is 35.5. The maximum absolute atomic E-state index is 11.5. The summed E-state index contributed by atoms with van der Waals surface area (Å²) in [7, 11) is 0. The largest absolute Gasteiger partial charge is 0.356 e. The monoisotopic (exact) mass is 330 g/mol. The van der Waals surface area contributed by atoms with Crippen molar-refractivity contribution >= 4 is 36.1 Å². The van der Waals surface area contributed by atoms with E-state index < -0.39 is 0 Å². The minimum Gasteiger partial charge on any atom is -0.356 e. The van der Waals surface area contributed by atoms with Crippen LogP contribution in [0.15, 0.2) is 24.3 Å². The number of rotatable bonds is 9. The van der Waals surface area contributed by atoms with Gasteiger partial charge in [0, 0.05) is 19.4 Å². The summed E-state index contributed by atoms with van der Waals surface area (Å²) in [5.41, 5.74) is 7.60. The van der Waals surface area contributed by atoms with Gasteiger partial charge in [0.2, 0.25) is 5.91 Å². The summed E-state index contributed by atoms with van der Waals surface area (Å²) < 4.78 is 0. The van der Waals surface area contributed by atoms with Crippen molar-refractivity contribution in [2.24, 2.45) is 5.73 Å². The van der Waals surface area contributed by atoms with Gasteiger partial charge < -0.3 is 11.1 Å². The van der Waals surface area contributed by atoms with Crippen molar-refractivity contribution in [2.45, 2.75) is 32.1 Å². The number of nitrogens with one attached hydrogen (secondary N) is 1. The Hall–Kier alpha value is -1.04. The third-order valence-electron chi connectivity index (χ3n) is 2.99. The fourth-order valence-electron chi connectivity index (χ4n) is 1.80. The molecule has 0 aliphatic rings. The first-order valence-electron chi connectivity index (χ1n) is 6.88. The second-order valence-corrected chi connectivity index (χ2v) is 5.20. The minimum atomic E-state index is -0.0942. The van der Waals surface area contributed by atoms with Gasteiger partial charge in [0.15, 0.2) is 5.12 Å². The number of nitrogens with two attached hydrogens (primary N) is 1. The lowest BCUT2D eigenvalue weighted by atomic mass is 10.0. The van der Waals surface area contributed by atoms with Gasteiger partial charge in [-0.25, -0.2) is 0 Å². The van der Waals surface area contributed by atoms with Gasteiger partial charge in [0.25, 0.3) is 0 Å². The fraction of sp³-hybridized carbons (Fsp3) is 0.467. The molecule has 1 aromatic rings. The van der Waals surface area contributed by atoms with E-state index >= 15 is 0 Å². The molecule has 118 valence electrons. The van der Waals surface area contributed by atoms with Gasteiger partial charge in [-0.3, -0.25) is 9.59 Å². The van der Waals surface area contributed by atoms with Crippen LogP contribution in [0.1, 0.15) is 30.4 Å². The van der Waals surface area contributed by atoms with Gasteiger partial charge in [-0.2, -0.15) is 0 Å². The van der Waals surface area contributed by atoms with E-state index in [0.717, 1.165) is 24.0 Å². The first-order chi connectivity index (χ1) is 9.61. The van der Waals surface area contributed by atoms with Crippen LogP contribution in [0, 0.1) is 0 Å². The van der Waals surface area contributed by atoms with E-state index in [2.05, 4.69) is 17.9 Å². The summed E-state index contributed by atoms with van der Waals surface area (Å²) in [6.45, 7) is 1.24. The normalized spacial score (nSPS) is 9.81. The van der Waals surface area contributed by atoms with E-state index in [9.17, 15) is 9.59 Å². The van der Waals surface area contributed by atoms with E-state index in [1.807, 2.05) is 24.3 Å². The molecule has 3 N–H and O–H groups in total. The van der Waals surface area contributed by atoms with Gasteiger partial charge in [-0.1, -0.05) is 24.3 Å².